The zero-order valence-electron chi connectivity index (χ0n) is 13.7. The van der Waals surface area contributed by atoms with Gasteiger partial charge < -0.3 is 9.80 Å². The number of benzene rings is 2. The number of nitrogens with zero attached hydrogens (tertiary/aromatic N) is 2. The van der Waals surface area contributed by atoms with Crippen LogP contribution in [0.25, 0.3) is 0 Å². The summed E-state index contributed by atoms with van der Waals surface area (Å²) in [6, 6.07) is 15.8. The lowest BCUT2D eigenvalue weighted by molar-refractivity contribution is -0.139. The third kappa shape index (κ3) is 2.39. The summed E-state index contributed by atoms with van der Waals surface area (Å²) in [7, 11) is 0. The molecule has 2 heterocycles. The van der Waals surface area contributed by atoms with Gasteiger partial charge in [0.1, 0.15) is 6.54 Å². The van der Waals surface area contributed by atoms with Gasteiger partial charge >= 0.3 is 0 Å². The van der Waals surface area contributed by atoms with Gasteiger partial charge in [-0.15, -0.1) is 0 Å². The fourth-order valence-corrected chi connectivity index (χ4v) is 3.81. The Morgan fingerprint density at radius 1 is 1.08 bits per heavy atom. The largest absolute Gasteiger partial charge is 0.332 e. The normalized spacial score (nSPS) is 19.7. The van der Waals surface area contributed by atoms with Gasteiger partial charge in [0.2, 0.25) is 5.91 Å². The molecule has 4 nitrogen and oxygen atoms in total. The first-order valence-corrected chi connectivity index (χ1v) is 8.37. The molecule has 0 radical (unpaired) electrons. The average Bonchev–Trinajstić information content (AvgIpc) is 2.61. The van der Waals surface area contributed by atoms with Gasteiger partial charge in [-0.1, -0.05) is 42.5 Å². The van der Waals surface area contributed by atoms with Crippen molar-refractivity contribution in [1.29, 1.82) is 0 Å². The van der Waals surface area contributed by atoms with Gasteiger partial charge in [-0.3, -0.25) is 9.59 Å². The number of hydrogen-bond donors (Lipinski definition) is 0. The number of fused-ring (bicyclic) bond motifs is 3. The highest BCUT2D eigenvalue weighted by atomic mass is 16.2. The first-order chi connectivity index (χ1) is 11.6. The first kappa shape index (κ1) is 14.9. The summed E-state index contributed by atoms with van der Waals surface area (Å²) in [6.45, 7) is 3.41. The predicted octanol–water partition coefficient (Wildman–Crippen LogP) is 2.58. The molecule has 1 fully saturated rings. The molecule has 24 heavy (non-hydrogen) atoms. The number of aryl methyl sites for hydroxylation is 1. The van der Waals surface area contributed by atoms with E-state index < -0.39 is 0 Å². The van der Waals surface area contributed by atoms with Crippen molar-refractivity contribution in [3.05, 3.63) is 70.8 Å². The molecule has 4 rings (SSSR count). The van der Waals surface area contributed by atoms with E-state index in [1.54, 1.807) is 4.90 Å². The Bertz CT molecular complexity index is 815. The Morgan fingerprint density at radius 2 is 1.83 bits per heavy atom. The van der Waals surface area contributed by atoms with Crippen molar-refractivity contribution in [2.24, 2.45) is 0 Å². The monoisotopic (exact) mass is 320 g/mol. The number of rotatable bonds is 1. The number of amides is 2. The number of carbonyl (C=O) groups excluding carboxylic acids is 2. The number of piperazine rings is 1. The van der Waals surface area contributed by atoms with Crippen molar-refractivity contribution in [3.63, 3.8) is 0 Å². The summed E-state index contributed by atoms with van der Waals surface area (Å²) in [5, 5.41) is 0. The van der Waals surface area contributed by atoms with Gasteiger partial charge in [-0.2, -0.15) is 0 Å². The van der Waals surface area contributed by atoms with E-state index in [4.69, 9.17) is 0 Å². The fourth-order valence-electron chi connectivity index (χ4n) is 3.81. The van der Waals surface area contributed by atoms with Gasteiger partial charge in [-0.05, 0) is 36.1 Å². The summed E-state index contributed by atoms with van der Waals surface area (Å²) in [5.74, 6) is -0.00755. The van der Waals surface area contributed by atoms with Crippen LogP contribution in [-0.4, -0.2) is 41.2 Å². The maximum Gasteiger partial charge on any atom is 0.254 e. The van der Waals surface area contributed by atoms with E-state index in [-0.39, 0.29) is 24.4 Å². The Labute approximate surface area is 141 Å². The summed E-state index contributed by atoms with van der Waals surface area (Å²) in [5.41, 5.74) is 4.10. The van der Waals surface area contributed by atoms with E-state index in [0.717, 1.165) is 18.5 Å². The summed E-state index contributed by atoms with van der Waals surface area (Å²) in [4.78, 5) is 29.1. The zero-order valence-corrected chi connectivity index (χ0v) is 13.7. The van der Waals surface area contributed by atoms with Crippen LogP contribution in [0.5, 0.6) is 0 Å². The van der Waals surface area contributed by atoms with Crippen LogP contribution >= 0.6 is 0 Å². The lowest BCUT2D eigenvalue weighted by atomic mass is 9.90. The second-order valence-corrected chi connectivity index (χ2v) is 6.55. The quantitative estimate of drug-likeness (QED) is 0.810. The predicted molar refractivity (Wildman–Crippen MR) is 91.7 cm³/mol. The van der Waals surface area contributed by atoms with Crippen LogP contribution in [0.2, 0.25) is 0 Å². The minimum absolute atomic E-state index is 0.0239. The van der Waals surface area contributed by atoms with Crippen LogP contribution in [0.4, 0.5) is 0 Å². The highest BCUT2D eigenvalue weighted by Gasteiger charge is 2.38. The van der Waals surface area contributed by atoms with Gasteiger partial charge in [0.25, 0.3) is 5.91 Å². The van der Waals surface area contributed by atoms with Crippen LogP contribution in [0, 0.1) is 6.92 Å². The third-order valence-electron chi connectivity index (χ3n) is 5.11. The molecule has 0 saturated carbocycles. The Balaban J connectivity index is 1.66. The molecule has 2 aliphatic heterocycles. The molecule has 0 unspecified atom stereocenters. The molecule has 2 aromatic carbocycles. The molecule has 0 N–H and O–H groups in total. The van der Waals surface area contributed by atoms with Crippen LogP contribution in [0.15, 0.2) is 48.5 Å². The van der Waals surface area contributed by atoms with Gasteiger partial charge in [0.05, 0.1) is 6.04 Å². The minimum Gasteiger partial charge on any atom is -0.332 e. The van der Waals surface area contributed by atoms with E-state index >= 15 is 0 Å². The van der Waals surface area contributed by atoms with Crippen molar-refractivity contribution in [3.8, 4) is 0 Å². The maximum atomic E-state index is 12.9. The highest BCUT2D eigenvalue weighted by molar-refractivity contribution is 5.98. The van der Waals surface area contributed by atoms with Crippen LogP contribution < -0.4 is 0 Å². The molecule has 4 heteroatoms. The van der Waals surface area contributed by atoms with Crippen LogP contribution in [-0.2, 0) is 11.2 Å². The molecule has 1 saturated heterocycles. The van der Waals surface area contributed by atoms with Crippen molar-refractivity contribution in [1.82, 2.24) is 9.80 Å². The number of hydrogen-bond acceptors (Lipinski definition) is 2. The van der Waals surface area contributed by atoms with Crippen molar-refractivity contribution >= 4 is 11.8 Å². The Morgan fingerprint density at radius 3 is 2.67 bits per heavy atom. The second kappa shape index (κ2) is 5.78. The average molecular weight is 320 g/mol. The molecule has 122 valence electrons. The molecule has 1 atom stereocenters. The molecule has 2 amide bonds. The van der Waals surface area contributed by atoms with Crippen molar-refractivity contribution < 1.29 is 9.59 Å². The molecular formula is C20H20N2O2. The van der Waals surface area contributed by atoms with E-state index in [1.165, 1.54) is 11.1 Å². The van der Waals surface area contributed by atoms with Crippen LogP contribution in [0.3, 0.4) is 0 Å². The van der Waals surface area contributed by atoms with Crippen molar-refractivity contribution in [2.45, 2.75) is 19.4 Å². The SMILES string of the molecule is Cc1ccccc1C(=O)N1CC(=O)N2CCc3ccccc3[C@@H]2C1. The smallest absolute Gasteiger partial charge is 0.254 e. The van der Waals surface area contributed by atoms with Gasteiger partial charge in [-0.25, -0.2) is 0 Å². The van der Waals surface area contributed by atoms with E-state index in [1.807, 2.05) is 48.2 Å². The standard InChI is InChI=1S/C20H20N2O2/c1-14-6-2-4-8-16(14)20(24)21-12-18-17-9-5-3-7-15(17)10-11-22(18)19(23)13-21/h2-9,18H,10-13H2,1H3/t18-/m0/s1. The van der Waals surface area contributed by atoms with Gasteiger partial charge in [0, 0.05) is 18.7 Å². The molecule has 0 aromatic heterocycles. The summed E-state index contributed by atoms with van der Waals surface area (Å²) >= 11 is 0. The summed E-state index contributed by atoms with van der Waals surface area (Å²) in [6.07, 6.45) is 0.893. The lowest BCUT2D eigenvalue weighted by Crippen LogP contribution is -2.55. The topological polar surface area (TPSA) is 40.6 Å². The second-order valence-electron chi connectivity index (χ2n) is 6.55. The molecule has 0 aliphatic carbocycles. The van der Waals surface area contributed by atoms with Crippen LogP contribution in [0.1, 0.15) is 33.1 Å². The minimum atomic E-state index is -0.0517. The van der Waals surface area contributed by atoms with E-state index in [2.05, 4.69) is 12.1 Å². The first-order valence-electron chi connectivity index (χ1n) is 8.37. The zero-order chi connectivity index (χ0) is 16.7. The molecule has 0 spiro atoms. The maximum absolute atomic E-state index is 12.9. The summed E-state index contributed by atoms with van der Waals surface area (Å²) < 4.78 is 0. The molecule has 2 aromatic rings. The van der Waals surface area contributed by atoms with E-state index in [9.17, 15) is 9.59 Å². The Hall–Kier alpha value is -2.62. The highest BCUT2D eigenvalue weighted by Crippen LogP contribution is 2.33. The van der Waals surface area contributed by atoms with Crippen molar-refractivity contribution in [2.75, 3.05) is 19.6 Å². The third-order valence-corrected chi connectivity index (χ3v) is 5.11. The number of carbonyl (C=O) groups is 2. The lowest BCUT2D eigenvalue weighted by Gasteiger charge is -2.44. The Kier molecular flexibility index (Phi) is 3.60. The molecule has 0 bridgehead atoms. The fraction of sp³-hybridized carbons (Fsp3) is 0.300. The van der Waals surface area contributed by atoms with Gasteiger partial charge in [0.15, 0.2) is 0 Å². The molecule has 2 aliphatic rings. The van der Waals surface area contributed by atoms with E-state index in [0.29, 0.717) is 12.1 Å². The molecular weight excluding hydrogens is 300 g/mol.